The molecule has 2 rings (SSSR count). The number of nitrogen functional groups attached to an aromatic ring is 1. The first kappa shape index (κ1) is 14.4. The highest BCUT2D eigenvalue weighted by molar-refractivity contribution is 6.31. The molecule has 0 saturated heterocycles. The van der Waals surface area contributed by atoms with E-state index in [2.05, 4.69) is 18.1 Å². The Balaban J connectivity index is 2.43. The van der Waals surface area contributed by atoms with Gasteiger partial charge in [0.05, 0.1) is 11.7 Å². The molecule has 1 heterocycles. The van der Waals surface area contributed by atoms with Gasteiger partial charge in [-0.2, -0.15) is 10.4 Å². The number of rotatable bonds is 4. The third kappa shape index (κ3) is 2.63. The normalized spacial score (nSPS) is 12.1. The molecular weight excluding hydrogens is 272 g/mol. The van der Waals surface area contributed by atoms with Gasteiger partial charge in [-0.05, 0) is 25.0 Å². The van der Waals surface area contributed by atoms with Crippen LogP contribution in [0.5, 0.6) is 0 Å². The van der Waals surface area contributed by atoms with Crippen LogP contribution in [0.15, 0.2) is 24.3 Å². The van der Waals surface area contributed by atoms with Crippen molar-refractivity contribution in [2.75, 3.05) is 5.73 Å². The lowest BCUT2D eigenvalue weighted by molar-refractivity contribution is 0.481. The molecule has 0 saturated carbocycles. The first-order valence-corrected chi connectivity index (χ1v) is 6.96. The van der Waals surface area contributed by atoms with E-state index in [-0.39, 0.29) is 6.04 Å². The van der Waals surface area contributed by atoms with E-state index in [9.17, 15) is 5.26 Å². The van der Waals surface area contributed by atoms with Crippen molar-refractivity contribution in [1.29, 1.82) is 5.26 Å². The number of anilines is 1. The summed E-state index contributed by atoms with van der Waals surface area (Å²) in [6, 6.07) is 9.88. The lowest BCUT2D eigenvalue weighted by Gasteiger charge is -2.10. The molecule has 0 aliphatic carbocycles. The summed E-state index contributed by atoms with van der Waals surface area (Å²) < 4.78 is 1.73. The zero-order chi connectivity index (χ0) is 14.7. The topological polar surface area (TPSA) is 67.6 Å². The second-order valence-electron chi connectivity index (χ2n) is 4.79. The molecule has 1 aromatic carbocycles. The lowest BCUT2D eigenvalue weighted by atomic mass is 10.1. The Hall–Kier alpha value is -1.99. The number of nitriles is 1. The lowest BCUT2D eigenvalue weighted by Crippen LogP contribution is -2.09. The molecule has 20 heavy (non-hydrogen) atoms. The average Bonchev–Trinajstić information content (AvgIpc) is 2.76. The minimum atomic E-state index is 0.169. The molecule has 104 valence electrons. The molecular formula is C15H17ClN4. The molecule has 2 aromatic rings. The van der Waals surface area contributed by atoms with Gasteiger partial charge in [-0.25, -0.2) is 4.68 Å². The number of benzene rings is 1. The molecule has 0 amide bonds. The number of hydrogen-bond donors (Lipinski definition) is 1. The Morgan fingerprint density at radius 2 is 2.15 bits per heavy atom. The predicted molar refractivity (Wildman–Crippen MR) is 80.6 cm³/mol. The van der Waals surface area contributed by atoms with E-state index in [1.807, 2.05) is 31.2 Å². The molecule has 0 fully saturated rings. The van der Waals surface area contributed by atoms with Crippen LogP contribution in [-0.2, 0) is 6.42 Å². The summed E-state index contributed by atoms with van der Waals surface area (Å²) in [5.41, 5.74) is 8.10. The van der Waals surface area contributed by atoms with Crippen LogP contribution in [0.3, 0.4) is 0 Å². The van der Waals surface area contributed by atoms with Gasteiger partial charge in [0.1, 0.15) is 17.5 Å². The van der Waals surface area contributed by atoms with Gasteiger partial charge in [0, 0.05) is 11.4 Å². The van der Waals surface area contributed by atoms with Crippen LogP contribution < -0.4 is 5.73 Å². The van der Waals surface area contributed by atoms with Crippen LogP contribution in [0.1, 0.15) is 43.1 Å². The maximum Gasteiger partial charge on any atom is 0.140 e. The number of nitrogens with two attached hydrogens (primary N) is 1. The monoisotopic (exact) mass is 288 g/mol. The van der Waals surface area contributed by atoms with Crippen molar-refractivity contribution in [3.05, 3.63) is 46.1 Å². The van der Waals surface area contributed by atoms with Gasteiger partial charge in [0.2, 0.25) is 0 Å². The van der Waals surface area contributed by atoms with Crippen LogP contribution in [0, 0.1) is 11.3 Å². The molecule has 0 spiro atoms. The van der Waals surface area contributed by atoms with Crippen LogP contribution in [0.25, 0.3) is 0 Å². The molecule has 0 radical (unpaired) electrons. The van der Waals surface area contributed by atoms with Crippen molar-refractivity contribution in [3.8, 4) is 6.07 Å². The van der Waals surface area contributed by atoms with E-state index in [1.54, 1.807) is 4.68 Å². The first-order chi connectivity index (χ1) is 9.58. The third-order valence-electron chi connectivity index (χ3n) is 3.46. The second kappa shape index (κ2) is 5.98. The fourth-order valence-corrected chi connectivity index (χ4v) is 2.28. The standard InChI is InChI=1S/C15H17ClN4/c1-3-10(2)20-15(18)12(9-17)14(19-20)8-11-6-4-5-7-13(11)16/h4-7,10H,3,8,18H2,1-2H3. The Bertz CT molecular complexity index is 654. The molecule has 4 nitrogen and oxygen atoms in total. The Kier molecular flexibility index (Phi) is 4.31. The minimum absolute atomic E-state index is 0.169. The highest BCUT2D eigenvalue weighted by Gasteiger charge is 2.18. The van der Waals surface area contributed by atoms with Gasteiger partial charge in [-0.15, -0.1) is 0 Å². The number of nitrogens with zero attached hydrogens (tertiary/aromatic N) is 3. The summed E-state index contributed by atoms with van der Waals surface area (Å²) in [6.45, 7) is 4.09. The Morgan fingerprint density at radius 1 is 1.45 bits per heavy atom. The zero-order valence-corrected chi connectivity index (χ0v) is 12.4. The van der Waals surface area contributed by atoms with Gasteiger partial charge >= 0.3 is 0 Å². The number of aromatic nitrogens is 2. The molecule has 0 aliphatic rings. The molecule has 0 aliphatic heterocycles. The maximum absolute atomic E-state index is 9.30. The van der Waals surface area contributed by atoms with Gasteiger partial charge < -0.3 is 5.73 Å². The number of halogens is 1. The predicted octanol–water partition coefficient (Wildman–Crippen LogP) is 3.55. The van der Waals surface area contributed by atoms with E-state index in [4.69, 9.17) is 17.3 Å². The van der Waals surface area contributed by atoms with Crippen molar-refractivity contribution in [2.24, 2.45) is 0 Å². The average molecular weight is 289 g/mol. The van der Waals surface area contributed by atoms with Crippen molar-refractivity contribution < 1.29 is 0 Å². The fraction of sp³-hybridized carbons (Fsp3) is 0.333. The molecule has 1 unspecified atom stereocenters. The van der Waals surface area contributed by atoms with Gasteiger partial charge in [0.15, 0.2) is 0 Å². The van der Waals surface area contributed by atoms with Gasteiger partial charge in [-0.1, -0.05) is 36.7 Å². The van der Waals surface area contributed by atoms with Crippen LogP contribution in [0.4, 0.5) is 5.82 Å². The molecule has 1 atom stereocenters. The van der Waals surface area contributed by atoms with E-state index in [1.165, 1.54) is 0 Å². The summed E-state index contributed by atoms with van der Waals surface area (Å²) in [7, 11) is 0. The van der Waals surface area contributed by atoms with Crippen molar-refractivity contribution in [3.63, 3.8) is 0 Å². The summed E-state index contributed by atoms with van der Waals surface area (Å²) >= 11 is 6.16. The molecule has 0 bridgehead atoms. The largest absolute Gasteiger partial charge is 0.383 e. The highest BCUT2D eigenvalue weighted by atomic mass is 35.5. The summed E-state index contributed by atoms with van der Waals surface area (Å²) in [5.74, 6) is 0.434. The van der Waals surface area contributed by atoms with Crippen molar-refractivity contribution in [2.45, 2.75) is 32.7 Å². The second-order valence-corrected chi connectivity index (χ2v) is 5.20. The summed E-state index contributed by atoms with van der Waals surface area (Å²) in [5, 5.41) is 14.5. The SMILES string of the molecule is CCC(C)n1nc(Cc2ccccc2Cl)c(C#N)c1N. The van der Waals surface area contributed by atoms with Gasteiger partial charge in [-0.3, -0.25) is 0 Å². The van der Waals surface area contributed by atoms with Crippen LogP contribution >= 0.6 is 11.6 Å². The quantitative estimate of drug-likeness (QED) is 0.935. The van der Waals surface area contributed by atoms with E-state index in [0.29, 0.717) is 28.5 Å². The van der Waals surface area contributed by atoms with E-state index >= 15 is 0 Å². The van der Waals surface area contributed by atoms with E-state index < -0.39 is 0 Å². The molecule has 2 N–H and O–H groups in total. The molecule has 5 heteroatoms. The minimum Gasteiger partial charge on any atom is -0.383 e. The van der Waals surface area contributed by atoms with Crippen molar-refractivity contribution in [1.82, 2.24) is 9.78 Å². The van der Waals surface area contributed by atoms with Crippen molar-refractivity contribution >= 4 is 17.4 Å². The summed E-state index contributed by atoms with van der Waals surface area (Å²) in [6.07, 6.45) is 1.42. The number of hydrogen-bond acceptors (Lipinski definition) is 3. The molecule has 1 aromatic heterocycles. The van der Waals surface area contributed by atoms with Gasteiger partial charge in [0.25, 0.3) is 0 Å². The highest BCUT2D eigenvalue weighted by Crippen LogP contribution is 2.25. The van der Waals surface area contributed by atoms with Crippen LogP contribution in [-0.4, -0.2) is 9.78 Å². The fourth-order valence-electron chi connectivity index (χ4n) is 2.07. The third-order valence-corrected chi connectivity index (χ3v) is 3.82. The van der Waals surface area contributed by atoms with E-state index in [0.717, 1.165) is 12.0 Å². The zero-order valence-electron chi connectivity index (χ0n) is 11.6. The smallest absolute Gasteiger partial charge is 0.140 e. The Morgan fingerprint density at radius 3 is 2.75 bits per heavy atom. The maximum atomic E-state index is 9.30. The Labute approximate surface area is 123 Å². The summed E-state index contributed by atoms with van der Waals surface area (Å²) in [4.78, 5) is 0. The van der Waals surface area contributed by atoms with Crippen LogP contribution in [0.2, 0.25) is 5.02 Å². The first-order valence-electron chi connectivity index (χ1n) is 6.58.